The highest BCUT2D eigenvalue weighted by atomic mass is 16.5. The zero-order valence-corrected chi connectivity index (χ0v) is 15.1. The highest BCUT2D eigenvalue weighted by Gasteiger charge is 2.32. The van der Waals surface area contributed by atoms with Crippen molar-refractivity contribution in [2.45, 2.75) is 44.8 Å². The molecule has 1 heterocycles. The van der Waals surface area contributed by atoms with Crippen molar-refractivity contribution in [3.63, 3.8) is 0 Å². The Labute approximate surface area is 153 Å². The third-order valence-corrected chi connectivity index (χ3v) is 4.66. The Morgan fingerprint density at radius 2 is 1.92 bits per heavy atom. The first-order valence-corrected chi connectivity index (χ1v) is 8.78. The van der Waals surface area contributed by atoms with Crippen LogP contribution in [0.1, 0.15) is 44.3 Å². The maximum Gasteiger partial charge on any atom is 0.306 e. The van der Waals surface area contributed by atoms with Crippen LogP contribution in [0.5, 0.6) is 0 Å². The van der Waals surface area contributed by atoms with Crippen molar-refractivity contribution < 1.29 is 24.2 Å². The van der Waals surface area contributed by atoms with E-state index in [0.29, 0.717) is 12.8 Å². The van der Waals surface area contributed by atoms with Gasteiger partial charge < -0.3 is 14.7 Å². The Morgan fingerprint density at radius 3 is 2.58 bits per heavy atom. The summed E-state index contributed by atoms with van der Waals surface area (Å²) in [6, 6.07) is 8.86. The summed E-state index contributed by atoms with van der Waals surface area (Å²) in [5.74, 6) is -2.22. The minimum absolute atomic E-state index is 0.226. The van der Waals surface area contributed by atoms with Gasteiger partial charge in [0.2, 0.25) is 5.91 Å². The fourth-order valence-electron chi connectivity index (χ4n) is 3.04. The Hall–Kier alpha value is -2.63. The first kappa shape index (κ1) is 19.7. The van der Waals surface area contributed by atoms with E-state index in [2.05, 4.69) is 0 Å². The Kier molecular flexibility index (Phi) is 6.95. The number of allylic oxidation sites excluding steroid dienone is 2. The number of carbonyl (C=O) groups excluding carboxylic acids is 2. The quantitative estimate of drug-likeness (QED) is 0.663. The van der Waals surface area contributed by atoms with Crippen LogP contribution in [-0.4, -0.2) is 40.9 Å². The van der Waals surface area contributed by atoms with Gasteiger partial charge in [0.15, 0.2) is 0 Å². The third-order valence-electron chi connectivity index (χ3n) is 4.66. The van der Waals surface area contributed by atoms with E-state index in [1.807, 2.05) is 37.3 Å². The van der Waals surface area contributed by atoms with Gasteiger partial charge in [-0.1, -0.05) is 42.5 Å². The lowest BCUT2D eigenvalue weighted by atomic mass is 9.96. The van der Waals surface area contributed by atoms with E-state index < -0.39 is 24.0 Å². The number of aliphatic carboxylic acids is 1. The minimum atomic E-state index is -1.00. The molecule has 0 aliphatic carbocycles. The standard InChI is InChI=1S/C20H25NO5/c1-14-19(15-9-5-3-6-10-15)26-18(24)12-8-4-7-11-16(13-17(22)23)20(25)21(14)2/h3-7,9-10,14,16,19H,8,11-13H2,1-2H3,(H,22,23)/b7-4-/t14-,16-,19-/m0/s1. The molecule has 1 aliphatic heterocycles. The van der Waals surface area contributed by atoms with Crippen LogP contribution in [0.15, 0.2) is 42.5 Å². The molecule has 1 aromatic rings. The number of amides is 1. The van der Waals surface area contributed by atoms with Crippen molar-refractivity contribution in [2.75, 3.05) is 7.05 Å². The predicted molar refractivity (Wildman–Crippen MR) is 96.2 cm³/mol. The highest BCUT2D eigenvalue weighted by Crippen LogP contribution is 2.27. The van der Waals surface area contributed by atoms with Crippen LogP contribution >= 0.6 is 0 Å². The van der Waals surface area contributed by atoms with Gasteiger partial charge in [-0.2, -0.15) is 0 Å². The molecule has 2 rings (SSSR count). The van der Waals surface area contributed by atoms with Crippen LogP contribution in [0.4, 0.5) is 0 Å². The summed E-state index contributed by atoms with van der Waals surface area (Å²) >= 11 is 0. The lowest BCUT2D eigenvalue weighted by Gasteiger charge is -2.34. The Balaban J connectivity index is 2.34. The molecule has 1 N–H and O–H groups in total. The molecule has 1 aromatic carbocycles. The van der Waals surface area contributed by atoms with Crippen LogP contribution in [0.2, 0.25) is 0 Å². The number of carboxylic acids is 1. The van der Waals surface area contributed by atoms with Crippen LogP contribution in [0.3, 0.4) is 0 Å². The summed E-state index contributed by atoms with van der Waals surface area (Å²) in [6.07, 6.45) is 3.82. The number of likely N-dealkylation sites (N-methyl/N-ethyl adjacent to an activating group) is 1. The molecule has 1 aliphatic rings. The lowest BCUT2D eigenvalue weighted by Crippen LogP contribution is -2.43. The van der Waals surface area contributed by atoms with Gasteiger partial charge in [-0.15, -0.1) is 0 Å². The van der Waals surface area contributed by atoms with Gasteiger partial charge in [0.25, 0.3) is 0 Å². The van der Waals surface area contributed by atoms with E-state index >= 15 is 0 Å². The van der Waals surface area contributed by atoms with Gasteiger partial charge in [0.05, 0.1) is 18.4 Å². The molecule has 1 amide bonds. The van der Waals surface area contributed by atoms with E-state index in [-0.39, 0.29) is 24.7 Å². The first-order valence-electron chi connectivity index (χ1n) is 8.78. The molecule has 140 valence electrons. The fraction of sp³-hybridized carbons (Fsp3) is 0.450. The topological polar surface area (TPSA) is 83.9 Å². The molecule has 0 bridgehead atoms. The van der Waals surface area contributed by atoms with Gasteiger partial charge in [-0.25, -0.2) is 0 Å². The van der Waals surface area contributed by atoms with E-state index in [9.17, 15) is 14.4 Å². The normalized spacial score (nSPS) is 26.4. The number of cyclic esters (lactones) is 1. The molecule has 0 spiro atoms. The minimum Gasteiger partial charge on any atom is -0.481 e. The first-order chi connectivity index (χ1) is 12.4. The number of carbonyl (C=O) groups is 3. The van der Waals surface area contributed by atoms with E-state index in [0.717, 1.165) is 5.56 Å². The maximum absolute atomic E-state index is 12.9. The van der Waals surface area contributed by atoms with Crippen molar-refractivity contribution in [3.05, 3.63) is 48.0 Å². The van der Waals surface area contributed by atoms with Gasteiger partial charge >= 0.3 is 11.9 Å². The summed E-state index contributed by atoms with van der Waals surface area (Å²) in [7, 11) is 1.63. The second-order valence-corrected chi connectivity index (χ2v) is 6.55. The van der Waals surface area contributed by atoms with Gasteiger partial charge in [0, 0.05) is 13.5 Å². The number of carboxylic acid groups (broad SMARTS) is 1. The molecule has 3 atom stereocenters. The Morgan fingerprint density at radius 1 is 1.23 bits per heavy atom. The van der Waals surface area contributed by atoms with Crippen molar-refractivity contribution in [1.82, 2.24) is 4.90 Å². The number of hydrogen-bond donors (Lipinski definition) is 1. The van der Waals surface area contributed by atoms with Crippen LogP contribution in [-0.2, 0) is 19.1 Å². The number of esters is 1. The number of nitrogens with zero attached hydrogens (tertiary/aromatic N) is 1. The lowest BCUT2D eigenvalue weighted by molar-refractivity contribution is -0.156. The monoisotopic (exact) mass is 359 g/mol. The Bertz CT molecular complexity index is 670. The van der Waals surface area contributed by atoms with E-state index in [4.69, 9.17) is 9.84 Å². The molecule has 26 heavy (non-hydrogen) atoms. The second-order valence-electron chi connectivity index (χ2n) is 6.55. The highest BCUT2D eigenvalue weighted by molar-refractivity contribution is 5.83. The average Bonchev–Trinajstić information content (AvgIpc) is 2.62. The number of hydrogen-bond acceptors (Lipinski definition) is 4. The third kappa shape index (κ3) is 5.18. The molecular formula is C20H25NO5. The van der Waals surface area contributed by atoms with Crippen LogP contribution in [0.25, 0.3) is 0 Å². The zero-order chi connectivity index (χ0) is 19.1. The zero-order valence-electron chi connectivity index (χ0n) is 15.1. The van der Waals surface area contributed by atoms with Crippen molar-refractivity contribution >= 4 is 17.8 Å². The molecule has 0 radical (unpaired) electrons. The summed E-state index contributed by atoms with van der Waals surface area (Å²) in [5, 5.41) is 9.12. The van der Waals surface area contributed by atoms with E-state index in [1.54, 1.807) is 19.2 Å². The molecule has 0 saturated heterocycles. The molecule has 0 saturated carbocycles. The van der Waals surface area contributed by atoms with Crippen LogP contribution < -0.4 is 0 Å². The molecule has 0 fully saturated rings. The molecule has 6 heteroatoms. The second kappa shape index (κ2) is 9.17. The maximum atomic E-state index is 12.9. The smallest absolute Gasteiger partial charge is 0.306 e. The summed E-state index contributed by atoms with van der Waals surface area (Å²) < 4.78 is 5.67. The average molecular weight is 359 g/mol. The summed E-state index contributed by atoms with van der Waals surface area (Å²) in [5.41, 5.74) is 0.801. The van der Waals surface area contributed by atoms with Crippen LogP contribution in [0, 0.1) is 5.92 Å². The van der Waals surface area contributed by atoms with Gasteiger partial charge in [-0.05, 0) is 25.3 Å². The molecular weight excluding hydrogens is 334 g/mol. The number of ether oxygens (including phenoxy) is 1. The van der Waals surface area contributed by atoms with Gasteiger partial charge in [0.1, 0.15) is 6.10 Å². The van der Waals surface area contributed by atoms with Crippen molar-refractivity contribution in [2.24, 2.45) is 5.92 Å². The summed E-state index contributed by atoms with van der Waals surface area (Å²) in [6.45, 7) is 1.81. The fourth-order valence-corrected chi connectivity index (χ4v) is 3.04. The van der Waals surface area contributed by atoms with Crippen molar-refractivity contribution in [3.8, 4) is 0 Å². The molecule has 0 unspecified atom stereocenters. The van der Waals surface area contributed by atoms with E-state index in [1.165, 1.54) is 4.90 Å². The van der Waals surface area contributed by atoms with Crippen molar-refractivity contribution in [1.29, 1.82) is 0 Å². The SMILES string of the molecule is C[C@H]1[C@@H](c2ccccc2)OC(=O)CC/C=C\C[C@@H](CC(=O)O)C(=O)N1C. The van der Waals surface area contributed by atoms with Gasteiger partial charge in [-0.3, -0.25) is 14.4 Å². The number of benzene rings is 1. The number of rotatable bonds is 3. The molecule has 6 nitrogen and oxygen atoms in total. The molecule has 0 aromatic heterocycles. The summed E-state index contributed by atoms with van der Waals surface area (Å²) in [4.78, 5) is 37.7. The largest absolute Gasteiger partial charge is 0.481 e. The predicted octanol–water partition coefficient (Wildman–Crippen LogP) is 2.95.